The second-order valence-corrected chi connectivity index (χ2v) is 6.99. The standard InChI is InChI=1S/C23H30N2O5/c1-25(11-13-28-15-17-29-16-14-27-12-10-24)23(26)30-22-20-8-4-2-6-18(20)19-7-3-5-9-21(19)22/h2-9,22H,10-17,24H2,1H3. The number of ether oxygens (including phenoxy) is 4. The minimum atomic E-state index is -0.386. The van der Waals surface area contributed by atoms with Gasteiger partial charge in [-0.3, -0.25) is 0 Å². The molecule has 0 unspecified atom stereocenters. The van der Waals surface area contributed by atoms with Crippen molar-refractivity contribution in [3.8, 4) is 11.1 Å². The Morgan fingerprint density at radius 1 is 0.833 bits per heavy atom. The molecule has 1 amide bonds. The lowest BCUT2D eigenvalue weighted by molar-refractivity contribution is 0.0116. The molecule has 0 aromatic heterocycles. The van der Waals surface area contributed by atoms with Crippen LogP contribution < -0.4 is 5.73 Å². The molecule has 0 saturated heterocycles. The molecule has 0 fully saturated rings. The van der Waals surface area contributed by atoms with Crippen LogP contribution in [-0.2, 0) is 18.9 Å². The van der Waals surface area contributed by atoms with Crippen molar-refractivity contribution in [1.29, 1.82) is 0 Å². The highest BCUT2D eigenvalue weighted by Crippen LogP contribution is 2.45. The first-order valence-electron chi connectivity index (χ1n) is 10.3. The zero-order chi connectivity index (χ0) is 21.2. The van der Waals surface area contributed by atoms with E-state index in [1.54, 1.807) is 7.05 Å². The summed E-state index contributed by atoms with van der Waals surface area (Å²) in [5.41, 5.74) is 9.60. The van der Waals surface area contributed by atoms with Gasteiger partial charge in [0.05, 0.1) is 39.6 Å². The summed E-state index contributed by atoms with van der Waals surface area (Å²) in [6.45, 7) is 3.89. The average Bonchev–Trinajstić information content (AvgIpc) is 3.09. The van der Waals surface area contributed by atoms with Crippen LogP contribution in [0.5, 0.6) is 0 Å². The van der Waals surface area contributed by atoms with E-state index in [-0.39, 0.29) is 12.2 Å². The molecule has 0 saturated carbocycles. The first-order chi connectivity index (χ1) is 14.7. The number of fused-ring (bicyclic) bond motifs is 3. The van der Waals surface area contributed by atoms with Crippen LogP contribution in [0.4, 0.5) is 4.79 Å². The van der Waals surface area contributed by atoms with E-state index in [0.29, 0.717) is 52.7 Å². The van der Waals surface area contributed by atoms with Gasteiger partial charge in [0.15, 0.2) is 6.10 Å². The van der Waals surface area contributed by atoms with Crippen molar-refractivity contribution in [2.45, 2.75) is 6.10 Å². The van der Waals surface area contributed by atoms with Crippen LogP contribution in [0.3, 0.4) is 0 Å². The lowest BCUT2D eigenvalue weighted by Crippen LogP contribution is -2.32. The Morgan fingerprint density at radius 3 is 1.90 bits per heavy atom. The number of benzene rings is 2. The highest BCUT2D eigenvalue weighted by Gasteiger charge is 2.31. The Hall–Kier alpha value is -2.45. The third-order valence-electron chi connectivity index (χ3n) is 4.88. The van der Waals surface area contributed by atoms with Crippen LogP contribution in [0.1, 0.15) is 17.2 Å². The van der Waals surface area contributed by atoms with Crippen molar-refractivity contribution >= 4 is 6.09 Å². The van der Waals surface area contributed by atoms with Crippen molar-refractivity contribution in [2.24, 2.45) is 5.73 Å². The van der Waals surface area contributed by atoms with Crippen LogP contribution in [0.2, 0.25) is 0 Å². The summed E-state index contributed by atoms with van der Waals surface area (Å²) < 4.78 is 22.0. The molecule has 2 aromatic rings. The lowest BCUT2D eigenvalue weighted by atomic mass is 10.1. The van der Waals surface area contributed by atoms with Crippen LogP contribution in [0, 0.1) is 0 Å². The molecular weight excluding hydrogens is 384 g/mol. The first-order valence-corrected chi connectivity index (χ1v) is 10.3. The largest absolute Gasteiger partial charge is 0.436 e. The van der Waals surface area contributed by atoms with E-state index in [1.807, 2.05) is 36.4 Å². The van der Waals surface area contributed by atoms with Gasteiger partial charge in [-0.1, -0.05) is 48.5 Å². The summed E-state index contributed by atoms with van der Waals surface area (Å²) in [5.74, 6) is 0. The number of hydrogen-bond acceptors (Lipinski definition) is 6. The molecule has 7 nitrogen and oxygen atoms in total. The number of carbonyl (C=O) groups is 1. The predicted octanol–water partition coefficient (Wildman–Crippen LogP) is 2.83. The summed E-state index contributed by atoms with van der Waals surface area (Å²) in [5, 5.41) is 0. The molecule has 3 rings (SSSR count). The second kappa shape index (κ2) is 11.7. The number of likely N-dealkylation sites (N-methyl/N-ethyl adjacent to an activating group) is 1. The fourth-order valence-electron chi connectivity index (χ4n) is 3.35. The van der Waals surface area contributed by atoms with Crippen LogP contribution in [0.25, 0.3) is 11.1 Å². The van der Waals surface area contributed by atoms with E-state index in [1.165, 1.54) is 4.90 Å². The summed E-state index contributed by atoms with van der Waals surface area (Å²) in [7, 11) is 1.71. The van der Waals surface area contributed by atoms with E-state index in [2.05, 4.69) is 12.1 Å². The Balaban J connectivity index is 1.39. The monoisotopic (exact) mass is 414 g/mol. The van der Waals surface area contributed by atoms with Crippen molar-refractivity contribution < 1.29 is 23.7 Å². The quantitative estimate of drug-likeness (QED) is 0.538. The van der Waals surface area contributed by atoms with Crippen molar-refractivity contribution in [1.82, 2.24) is 4.90 Å². The highest BCUT2D eigenvalue weighted by molar-refractivity contribution is 5.79. The first kappa shape index (κ1) is 22.2. The van der Waals surface area contributed by atoms with E-state index in [9.17, 15) is 4.79 Å². The molecule has 7 heteroatoms. The van der Waals surface area contributed by atoms with Gasteiger partial charge in [-0.05, 0) is 11.1 Å². The van der Waals surface area contributed by atoms with E-state index in [4.69, 9.17) is 24.7 Å². The molecule has 0 atom stereocenters. The average molecular weight is 415 g/mol. The van der Waals surface area contributed by atoms with Gasteiger partial charge in [0, 0.05) is 31.3 Å². The number of nitrogens with two attached hydrogens (primary N) is 1. The maximum Gasteiger partial charge on any atom is 0.410 e. The zero-order valence-electron chi connectivity index (χ0n) is 17.4. The smallest absolute Gasteiger partial charge is 0.410 e. The molecule has 30 heavy (non-hydrogen) atoms. The zero-order valence-corrected chi connectivity index (χ0v) is 17.4. The lowest BCUT2D eigenvalue weighted by Gasteiger charge is -2.21. The molecule has 2 aromatic carbocycles. The van der Waals surface area contributed by atoms with Gasteiger partial charge in [-0.25, -0.2) is 4.79 Å². The number of rotatable bonds is 12. The van der Waals surface area contributed by atoms with Crippen molar-refractivity contribution in [2.75, 3.05) is 59.8 Å². The van der Waals surface area contributed by atoms with Gasteiger partial charge in [-0.15, -0.1) is 0 Å². The van der Waals surface area contributed by atoms with Gasteiger partial charge in [0.25, 0.3) is 0 Å². The van der Waals surface area contributed by atoms with Crippen LogP contribution >= 0.6 is 0 Å². The molecular formula is C23H30N2O5. The minimum absolute atomic E-state index is 0.372. The number of nitrogens with zero attached hydrogens (tertiary/aromatic N) is 1. The molecule has 162 valence electrons. The summed E-state index contributed by atoms with van der Waals surface area (Å²) >= 11 is 0. The molecule has 0 aliphatic heterocycles. The Bertz CT molecular complexity index is 768. The molecule has 1 aliphatic rings. The maximum atomic E-state index is 12.6. The fraction of sp³-hybridized carbons (Fsp3) is 0.435. The van der Waals surface area contributed by atoms with Gasteiger partial charge in [0.2, 0.25) is 0 Å². The van der Waals surface area contributed by atoms with Gasteiger partial charge >= 0.3 is 6.09 Å². The van der Waals surface area contributed by atoms with Crippen LogP contribution in [-0.4, -0.2) is 70.8 Å². The van der Waals surface area contributed by atoms with Crippen molar-refractivity contribution in [3.63, 3.8) is 0 Å². The predicted molar refractivity (Wildman–Crippen MR) is 114 cm³/mol. The van der Waals surface area contributed by atoms with Gasteiger partial charge in [0.1, 0.15) is 0 Å². The summed E-state index contributed by atoms with van der Waals surface area (Å²) in [4.78, 5) is 14.1. The minimum Gasteiger partial charge on any atom is -0.436 e. The number of amides is 1. The third-order valence-corrected chi connectivity index (χ3v) is 4.88. The molecule has 2 N–H and O–H groups in total. The normalized spacial score (nSPS) is 12.5. The highest BCUT2D eigenvalue weighted by atomic mass is 16.6. The Labute approximate surface area is 177 Å². The topological polar surface area (TPSA) is 83.3 Å². The molecule has 0 radical (unpaired) electrons. The Kier molecular flexibility index (Phi) is 8.65. The molecule has 1 aliphatic carbocycles. The number of carbonyl (C=O) groups excluding carboxylic acids is 1. The number of hydrogen-bond donors (Lipinski definition) is 1. The van der Waals surface area contributed by atoms with E-state index >= 15 is 0 Å². The summed E-state index contributed by atoms with van der Waals surface area (Å²) in [6, 6.07) is 16.1. The van der Waals surface area contributed by atoms with Gasteiger partial charge in [-0.2, -0.15) is 0 Å². The summed E-state index contributed by atoms with van der Waals surface area (Å²) in [6.07, 6.45) is -0.758. The van der Waals surface area contributed by atoms with E-state index in [0.717, 1.165) is 22.3 Å². The third kappa shape index (κ3) is 5.79. The van der Waals surface area contributed by atoms with E-state index < -0.39 is 0 Å². The second-order valence-electron chi connectivity index (χ2n) is 6.99. The maximum absolute atomic E-state index is 12.6. The molecule has 0 bridgehead atoms. The van der Waals surface area contributed by atoms with Crippen LogP contribution in [0.15, 0.2) is 48.5 Å². The SMILES string of the molecule is CN(CCOCCOCCOCCN)C(=O)OC1c2ccccc2-c2ccccc21. The molecule has 0 spiro atoms. The Morgan fingerprint density at radius 2 is 1.33 bits per heavy atom. The fourth-order valence-corrected chi connectivity index (χ4v) is 3.35. The van der Waals surface area contributed by atoms with Gasteiger partial charge < -0.3 is 29.6 Å². The molecule has 0 heterocycles. The van der Waals surface area contributed by atoms with Crippen molar-refractivity contribution in [3.05, 3.63) is 59.7 Å².